The monoisotopic (exact) mass is 317 g/mol. The van der Waals surface area contributed by atoms with Crippen molar-refractivity contribution in [2.75, 3.05) is 5.88 Å². The van der Waals surface area contributed by atoms with Crippen LogP contribution in [0.4, 0.5) is 0 Å². The lowest BCUT2D eigenvalue weighted by Gasteiger charge is -2.25. The Morgan fingerprint density at radius 1 is 1.10 bits per heavy atom. The lowest BCUT2D eigenvalue weighted by atomic mass is 9.84. The molecule has 4 nitrogen and oxygen atoms in total. The van der Waals surface area contributed by atoms with Crippen molar-refractivity contribution in [2.45, 2.75) is 72.3 Å². The van der Waals surface area contributed by atoms with E-state index in [4.69, 9.17) is 11.6 Å². The van der Waals surface area contributed by atoms with E-state index in [1.165, 1.54) is 0 Å². The Balaban J connectivity index is 4.32. The van der Waals surface area contributed by atoms with Crippen molar-refractivity contribution < 1.29 is 14.4 Å². The Morgan fingerprint density at radius 3 is 2.19 bits per heavy atom. The van der Waals surface area contributed by atoms with Crippen molar-refractivity contribution in [3.05, 3.63) is 0 Å². The van der Waals surface area contributed by atoms with E-state index in [0.29, 0.717) is 19.3 Å². The number of carbonyl (C=O) groups is 3. The highest BCUT2D eigenvalue weighted by atomic mass is 35.5. The summed E-state index contributed by atoms with van der Waals surface area (Å²) in [7, 11) is 0. The van der Waals surface area contributed by atoms with Crippen LogP contribution in [0, 0.1) is 5.41 Å². The lowest BCUT2D eigenvalue weighted by Crippen LogP contribution is -2.46. The van der Waals surface area contributed by atoms with Crippen LogP contribution < -0.4 is 5.32 Å². The maximum Gasteiger partial charge on any atom is 0.235 e. The second kappa shape index (κ2) is 9.93. The minimum Gasteiger partial charge on any atom is -0.345 e. The Bertz CT molecular complexity index is 361. The van der Waals surface area contributed by atoms with Crippen molar-refractivity contribution in [2.24, 2.45) is 5.41 Å². The third kappa shape index (κ3) is 8.86. The molecule has 122 valence electrons. The van der Waals surface area contributed by atoms with Gasteiger partial charge in [-0.25, -0.2) is 0 Å². The van der Waals surface area contributed by atoms with E-state index < -0.39 is 11.5 Å². The van der Waals surface area contributed by atoms with Gasteiger partial charge >= 0.3 is 0 Å². The number of carbonyl (C=O) groups excluding carboxylic acids is 3. The number of alkyl halides is 1. The zero-order valence-corrected chi connectivity index (χ0v) is 14.4. The molecule has 0 saturated carbocycles. The van der Waals surface area contributed by atoms with Crippen molar-refractivity contribution >= 4 is 29.1 Å². The molecule has 0 bridgehead atoms. The molecule has 0 spiro atoms. The highest BCUT2D eigenvalue weighted by Gasteiger charge is 2.30. The fourth-order valence-electron chi connectivity index (χ4n) is 2.05. The van der Waals surface area contributed by atoms with Crippen LogP contribution in [0.3, 0.4) is 0 Å². The molecule has 0 aromatic carbocycles. The van der Waals surface area contributed by atoms with Crippen molar-refractivity contribution in [1.82, 2.24) is 5.32 Å². The first kappa shape index (κ1) is 20.1. The molecule has 0 aliphatic heterocycles. The molecule has 5 heteroatoms. The SMILES string of the molecule is CCC(=O)CCCCC[C@H](NC(=O)CCl)C(=O)C(C)(C)C. The zero-order chi connectivity index (χ0) is 16.5. The summed E-state index contributed by atoms with van der Waals surface area (Å²) in [5, 5.41) is 2.70. The molecule has 1 N–H and O–H groups in total. The van der Waals surface area contributed by atoms with Crippen molar-refractivity contribution in [3.63, 3.8) is 0 Å². The third-order valence-electron chi connectivity index (χ3n) is 3.36. The second-order valence-corrected chi connectivity index (χ2v) is 6.63. The molecule has 21 heavy (non-hydrogen) atoms. The van der Waals surface area contributed by atoms with Crippen molar-refractivity contribution in [3.8, 4) is 0 Å². The number of amides is 1. The predicted octanol–water partition coefficient (Wildman–Crippen LogP) is 3.25. The van der Waals surface area contributed by atoms with E-state index >= 15 is 0 Å². The summed E-state index contributed by atoms with van der Waals surface area (Å²) in [4.78, 5) is 35.0. The van der Waals surface area contributed by atoms with Crippen LogP contribution >= 0.6 is 11.6 Å². The van der Waals surface area contributed by atoms with Gasteiger partial charge in [0.15, 0.2) is 5.78 Å². The van der Waals surface area contributed by atoms with Gasteiger partial charge in [-0.05, 0) is 12.8 Å². The summed E-state index contributed by atoms with van der Waals surface area (Å²) in [6.07, 6.45) is 4.31. The van der Waals surface area contributed by atoms with E-state index in [-0.39, 0.29) is 23.4 Å². The molecular formula is C16H28ClNO3. The molecule has 0 rings (SSSR count). The molecular weight excluding hydrogens is 290 g/mol. The largest absolute Gasteiger partial charge is 0.345 e. The number of hydrogen-bond donors (Lipinski definition) is 1. The van der Waals surface area contributed by atoms with Gasteiger partial charge in [-0.1, -0.05) is 40.5 Å². The van der Waals surface area contributed by atoms with Gasteiger partial charge in [0.05, 0.1) is 6.04 Å². The van der Waals surface area contributed by atoms with E-state index in [1.807, 2.05) is 27.7 Å². The molecule has 1 atom stereocenters. The first-order chi connectivity index (χ1) is 9.72. The van der Waals surface area contributed by atoms with Gasteiger partial charge in [0.1, 0.15) is 11.7 Å². The molecule has 0 saturated heterocycles. The Kier molecular flexibility index (Phi) is 9.51. The standard InChI is InChI=1S/C16H28ClNO3/c1-5-12(19)9-7-6-8-10-13(18-14(20)11-17)15(21)16(2,3)4/h13H,5-11H2,1-4H3,(H,18,20)/t13-/m0/s1. The minimum atomic E-state index is -0.498. The summed E-state index contributed by atoms with van der Waals surface area (Å²) in [5.41, 5.74) is -0.498. The maximum absolute atomic E-state index is 12.3. The van der Waals surface area contributed by atoms with Gasteiger partial charge < -0.3 is 5.32 Å². The Morgan fingerprint density at radius 2 is 1.71 bits per heavy atom. The van der Waals surface area contributed by atoms with Gasteiger partial charge in [-0.15, -0.1) is 11.6 Å². The van der Waals surface area contributed by atoms with Gasteiger partial charge in [0.2, 0.25) is 5.91 Å². The average Bonchev–Trinajstić information content (AvgIpc) is 2.43. The third-order valence-corrected chi connectivity index (χ3v) is 3.60. The minimum absolute atomic E-state index is 0.0191. The summed E-state index contributed by atoms with van der Waals surface area (Å²) in [6, 6.07) is -0.488. The maximum atomic E-state index is 12.3. The molecule has 0 aromatic heterocycles. The smallest absolute Gasteiger partial charge is 0.235 e. The van der Waals surface area contributed by atoms with Crippen LogP contribution in [0.5, 0.6) is 0 Å². The number of halogens is 1. The van der Waals surface area contributed by atoms with Gasteiger partial charge in [0.25, 0.3) is 0 Å². The number of unbranched alkanes of at least 4 members (excludes halogenated alkanes) is 2. The van der Waals surface area contributed by atoms with E-state index in [0.717, 1.165) is 19.3 Å². The highest BCUT2D eigenvalue weighted by molar-refractivity contribution is 6.27. The quantitative estimate of drug-likeness (QED) is 0.497. The molecule has 0 aromatic rings. The van der Waals surface area contributed by atoms with Crippen LogP contribution in [0.25, 0.3) is 0 Å². The van der Waals surface area contributed by atoms with E-state index in [2.05, 4.69) is 5.32 Å². The van der Waals surface area contributed by atoms with E-state index in [1.54, 1.807) is 0 Å². The molecule has 0 unspecified atom stereocenters. The van der Waals surface area contributed by atoms with E-state index in [9.17, 15) is 14.4 Å². The number of rotatable bonds is 10. The van der Waals surface area contributed by atoms with Crippen LogP contribution in [0.2, 0.25) is 0 Å². The zero-order valence-electron chi connectivity index (χ0n) is 13.6. The van der Waals surface area contributed by atoms with Crippen LogP contribution in [0.15, 0.2) is 0 Å². The molecule has 1 amide bonds. The van der Waals surface area contributed by atoms with Gasteiger partial charge in [-0.3, -0.25) is 14.4 Å². The number of nitrogens with one attached hydrogen (secondary N) is 1. The average molecular weight is 318 g/mol. The first-order valence-electron chi connectivity index (χ1n) is 7.63. The topological polar surface area (TPSA) is 63.2 Å². The summed E-state index contributed by atoms with van der Waals surface area (Å²) in [5.74, 6) is -0.169. The number of hydrogen-bond acceptors (Lipinski definition) is 3. The fourth-order valence-corrected chi connectivity index (χ4v) is 2.13. The van der Waals surface area contributed by atoms with Crippen LogP contribution in [-0.4, -0.2) is 29.4 Å². The predicted molar refractivity (Wildman–Crippen MR) is 85.5 cm³/mol. The highest BCUT2D eigenvalue weighted by Crippen LogP contribution is 2.20. The van der Waals surface area contributed by atoms with Gasteiger partial charge in [-0.2, -0.15) is 0 Å². The molecule has 0 radical (unpaired) electrons. The summed E-state index contributed by atoms with van der Waals surface area (Å²) < 4.78 is 0. The Labute approximate surface area is 133 Å². The van der Waals surface area contributed by atoms with Gasteiger partial charge in [0, 0.05) is 18.3 Å². The summed E-state index contributed by atoms with van der Waals surface area (Å²) in [6.45, 7) is 7.39. The Hall–Kier alpha value is -0.900. The van der Waals surface area contributed by atoms with Crippen molar-refractivity contribution in [1.29, 1.82) is 0 Å². The normalized spacial score (nSPS) is 12.8. The molecule has 0 heterocycles. The number of ketones is 2. The lowest BCUT2D eigenvalue weighted by molar-refractivity contribution is -0.132. The fraction of sp³-hybridized carbons (Fsp3) is 0.812. The van der Waals surface area contributed by atoms with Crippen LogP contribution in [-0.2, 0) is 14.4 Å². The molecule has 0 aliphatic carbocycles. The summed E-state index contributed by atoms with van der Waals surface area (Å²) >= 11 is 5.49. The molecule has 0 fully saturated rings. The molecule has 0 aliphatic rings. The van der Waals surface area contributed by atoms with Crippen LogP contribution in [0.1, 0.15) is 66.2 Å². The second-order valence-electron chi connectivity index (χ2n) is 6.36. The number of Topliss-reactive ketones (excluding diaryl/α,β-unsaturated/α-hetero) is 2. The first-order valence-corrected chi connectivity index (χ1v) is 8.17.